The molecule has 1 aliphatic rings. The Kier molecular flexibility index (Phi) is 6.36. The summed E-state index contributed by atoms with van der Waals surface area (Å²) in [6, 6.07) is 10.2. The van der Waals surface area contributed by atoms with Gasteiger partial charge < -0.3 is 5.32 Å². The highest BCUT2D eigenvalue weighted by Crippen LogP contribution is 2.20. The maximum Gasteiger partial charge on any atom is 0.223 e. The van der Waals surface area contributed by atoms with E-state index in [2.05, 4.69) is 49.9 Å². The van der Waals surface area contributed by atoms with Gasteiger partial charge >= 0.3 is 0 Å². The van der Waals surface area contributed by atoms with E-state index in [0.29, 0.717) is 6.54 Å². The third-order valence-electron chi connectivity index (χ3n) is 5.43. The number of carbonyl (C=O) groups excluding carboxylic acids is 1. The Hall–Kier alpha value is -2.51. The van der Waals surface area contributed by atoms with Crippen molar-refractivity contribution in [1.82, 2.24) is 25.0 Å². The number of aryl methyl sites for hydroxylation is 1. The average molecular weight is 410 g/mol. The van der Waals surface area contributed by atoms with E-state index < -0.39 is 0 Å². The number of likely N-dealkylation sites (tertiary alicyclic amines) is 1. The van der Waals surface area contributed by atoms with Crippen molar-refractivity contribution >= 4 is 17.2 Å². The summed E-state index contributed by atoms with van der Waals surface area (Å²) in [5.41, 5.74) is 3.41. The monoisotopic (exact) mass is 409 g/mol. The summed E-state index contributed by atoms with van der Waals surface area (Å²) >= 11 is 1.70. The normalized spacial score (nSPS) is 15.5. The second-order valence-electron chi connectivity index (χ2n) is 7.57. The highest BCUT2D eigenvalue weighted by molar-refractivity contribution is 7.09. The van der Waals surface area contributed by atoms with Crippen LogP contribution in [0.2, 0.25) is 0 Å². The van der Waals surface area contributed by atoms with Crippen molar-refractivity contribution in [2.45, 2.75) is 32.7 Å². The fraction of sp³-hybridized carbons (Fsp3) is 0.409. The van der Waals surface area contributed by atoms with Crippen LogP contribution in [0.1, 0.15) is 29.1 Å². The molecule has 0 atom stereocenters. The van der Waals surface area contributed by atoms with Crippen molar-refractivity contribution in [3.05, 3.63) is 64.4 Å². The fourth-order valence-electron chi connectivity index (χ4n) is 3.77. The maximum absolute atomic E-state index is 12.5. The lowest BCUT2D eigenvalue weighted by atomic mass is 9.95. The van der Waals surface area contributed by atoms with E-state index in [9.17, 15) is 4.79 Å². The molecule has 2 aromatic heterocycles. The van der Waals surface area contributed by atoms with Gasteiger partial charge in [0.2, 0.25) is 5.91 Å². The largest absolute Gasteiger partial charge is 0.356 e. The lowest BCUT2D eigenvalue weighted by Crippen LogP contribution is -2.40. The molecule has 1 saturated heterocycles. The van der Waals surface area contributed by atoms with E-state index >= 15 is 0 Å². The van der Waals surface area contributed by atoms with Gasteiger partial charge in [0.1, 0.15) is 0 Å². The van der Waals surface area contributed by atoms with Gasteiger partial charge in [-0.2, -0.15) is 5.10 Å². The second kappa shape index (κ2) is 9.33. The standard InChI is InChI=1S/C22H27N5OS/c1-17-25-20(16-29-17)15-26-13-8-19(9-14-26)22(28)23-11-7-18-3-5-21(6-4-18)27-12-2-10-24-27/h2-6,10,12,16,19H,7-9,11,13-15H2,1H3,(H,23,28). The Labute approximate surface area is 175 Å². The molecule has 1 fully saturated rings. The minimum Gasteiger partial charge on any atom is -0.356 e. The van der Waals surface area contributed by atoms with Crippen molar-refractivity contribution in [3.63, 3.8) is 0 Å². The highest BCUT2D eigenvalue weighted by Gasteiger charge is 2.25. The van der Waals surface area contributed by atoms with E-state index in [1.165, 1.54) is 5.56 Å². The number of carbonyl (C=O) groups is 1. The van der Waals surface area contributed by atoms with E-state index in [4.69, 9.17) is 0 Å². The van der Waals surface area contributed by atoms with Crippen LogP contribution in [0.4, 0.5) is 0 Å². The summed E-state index contributed by atoms with van der Waals surface area (Å²) in [5.74, 6) is 0.327. The number of hydrogen-bond donors (Lipinski definition) is 1. The quantitative estimate of drug-likeness (QED) is 0.651. The van der Waals surface area contributed by atoms with Gasteiger partial charge in [-0.3, -0.25) is 9.69 Å². The van der Waals surface area contributed by atoms with Crippen molar-refractivity contribution in [2.75, 3.05) is 19.6 Å². The molecular formula is C22H27N5OS. The average Bonchev–Trinajstić information content (AvgIpc) is 3.41. The molecule has 4 rings (SSSR count). The Morgan fingerprint density at radius 3 is 2.69 bits per heavy atom. The number of hydrogen-bond acceptors (Lipinski definition) is 5. The van der Waals surface area contributed by atoms with Crippen LogP contribution in [-0.4, -0.2) is 45.2 Å². The van der Waals surface area contributed by atoms with Gasteiger partial charge in [0.05, 0.1) is 16.4 Å². The highest BCUT2D eigenvalue weighted by atomic mass is 32.1. The lowest BCUT2D eigenvalue weighted by Gasteiger charge is -2.30. The summed E-state index contributed by atoms with van der Waals surface area (Å²) in [6.45, 7) is 5.54. The Morgan fingerprint density at radius 2 is 2.03 bits per heavy atom. The minimum absolute atomic E-state index is 0.130. The van der Waals surface area contributed by atoms with Gasteiger partial charge in [-0.25, -0.2) is 9.67 Å². The predicted molar refractivity (Wildman–Crippen MR) is 115 cm³/mol. The molecule has 3 heterocycles. The van der Waals surface area contributed by atoms with Crippen LogP contribution < -0.4 is 5.32 Å². The van der Waals surface area contributed by atoms with Gasteiger partial charge in [-0.05, 0) is 63.0 Å². The number of nitrogens with one attached hydrogen (secondary N) is 1. The number of rotatable bonds is 7. The van der Waals surface area contributed by atoms with Crippen molar-refractivity contribution < 1.29 is 4.79 Å². The van der Waals surface area contributed by atoms with Gasteiger partial charge in [0.25, 0.3) is 0 Å². The predicted octanol–water partition coefficient (Wildman–Crippen LogP) is 3.21. The topological polar surface area (TPSA) is 63.1 Å². The summed E-state index contributed by atoms with van der Waals surface area (Å²) < 4.78 is 1.84. The molecule has 29 heavy (non-hydrogen) atoms. The van der Waals surface area contributed by atoms with Crippen LogP contribution in [0, 0.1) is 12.8 Å². The molecule has 152 valence electrons. The molecule has 0 radical (unpaired) electrons. The van der Waals surface area contributed by atoms with E-state index in [1.54, 1.807) is 17.5 Å². The lowest BCUT2D eigenvalue weighted by molar-refractivity contribution is -0.126. The van der Waals surface area contributed by atoms with Crippen LogP contribution in [0.5, 0.6) is 0 Å². The molecule has 6 nitrogen and oxygen atoms in total. The molecule has 1 amide bonds. The third-order valence-corrected chi connectivity index (χ3v) is 6.25. The van der Waals surface area contributed by atoms with Crippen LogP contribution in [0.25, 0.3) is 5.69 Å². The number of benzene rings is 1. The summed E-state index contributed by atoms with van der Waals surface area (Å²) in [7, 11) is 0. The Morgan fingerprint density at radius 1 is 1.24 bits per heavy atom. The summed E-state index contributed by atoms with van der Waals surface area (Å²) in [5, 5.41) is 10.6. The van der Waals surface area contributed by atoms with Crippen LogP contribution in [0.15, 0.2) is 48.1 Å². The number of amides is 1. The molecule has 0 unspecified atom stereocenters. The molecule has 0 spiro atoms. The molecule has 1 N–H and O–H groups in total. The van der Waals surface area contributed by atoms with Crippen LogP contribution in [0.3, 0.4) is 0 Å². The third kappa shape index (κ3) is 5.31. The zero-order valence-corrected chi connectivity index (χ0v) is 17.6. The molecule has 7 heteroatoms. The SMILES string of the molecule is Cc1nc(CN2CCC(C(=O)NCCc3ccc(-n4cccn4)cc3)CC2)cs1. The van der Waals surface area contributed by atoms with Gasteiger partial charge in [-0.15, -0.1) is 11.3 Å². The van der Waals surface area contributed by atoms with Crippen LogP contribution in [-0.2, 0) is 17.8 Å². The van der Waals surface area contributed by atoms with Crippen molar-refractivity contribution in [1.29, 1.82) is 0 Å². The van der Waals surface area contributed by atoms with Crippen LogP contribution >= 0.6 is 11.3 Å². The molecule has 1 aliphatic heterocycles. The Bertz CT molecular complexity index is 911. The van der Waals surface area contributed by atoms with Gasteiger partial charge in [0.15, 0.2) is 0 Å². The molecule has 1 aromatic carbocycles. The van der Waals surface area contributed by atoms with Crippen molar-refractivity contribution in [3.8, 4) is 5.69 Å². The molecular weight excluding hydrogens is 382 g/mol. The number of thiazole rings is 1. The minimum atomic E-state index is 0.130. The Balaban J connectivity index is 1.17. The van der Waals surface area contributed by atoms with E-state index in [1.807, 2.05) is 23.9 Å². The maximum atomic E-state index is 12.5. The first-order chi connectivity index (χ1) is 14.2. The summed E-state index contributed by atoms with van der Waals surface area (Å²) in [4.78, 5) is 19.5. The molecule has 3 aromatic rings. The molecule has 0 aliphatic carbocycles. The fourth-order valence-corrected chi connectivity index (χ4v) is 4.38. The zero-order valence-electron chi connectivity index (χ0n) is 16.8. The van der Waals surface area contributed by atoms with E-state index in [0.717, 1.165) is 55.3 Å². The number of piperidine rings is 1. The second-order valence-corrected chi connectivity index (χ2v) is 8.63. The molecule has 0 saturated carbocycles. The van der Waals surface area contributed by atoms with Gasteiger partial charge in [0, 0.05) is 36.8 Å². The zero-order chi connectivity index (χ0) is 20.1. The first kappa shape index (κ1) is 19.8. The smallest absolute Gasteiger partial charge is 0.223 e. The van der Waals surface area contributed by atoms with Gasteiger partial charge in [-0.1, -0.05) is 12.1 Å². The van der Waals surface area contributed by atoms with Crippen molar-refractivity contribution in [2.24, 2.45) is 5.92 Å². The van der Waals surface area contributed by atoms with E-state index in [-0.39, 0.29) is 11.8 Å². The summed E-state index contributed by atoms with van der Waals surface area (Å²) in [6.07, 6.45) is 6.39. The first-order valence-electron chi connectivity index (χ1n) is 10.2. The first-order valence-corrected chi connectivity index (χ1v) is 11.1. The molecule has 0 bridgehead atoms. The number of nitrogens with zero attached hydrogens (tertiary/aromatic N) is 4. The number of aromatic nitrogens is 3.